The van der Waals surface area contributed by atoms with Crippen LogP contribution in [0.2, 0.25) is 0 Å². The second kappa shape index (κ2) is 5.44. The Morgan fingerprint density at radius 3 is 2.67 bits per heavy atom. The number of nitrogens with zero attached hydrogens (tertiary/aromatic N) is 3. The van der Waals surface area contributed by atoms with Crippen LogP contribution >= 0.6 is 0 Å². The molecule has 0 radical (unpaired) electrons. The summed E-state index contributed by atoms with van der Waals surface area (Å²) in [5.41, 5.74) is 0.884. The predicted molar refractivity (Wildman–Crippen MR) is 82.0 cm³/mol. The summed E-state index contributed by atoms with van der Waals surface area (Å²) < 4.78 is 1.82. The predicted octanol–water partition coefficient (Wildman–Crippen LogP) is 1.66. The molecule has 5 nitrogen and oxygen atoms in total. The first-order chi connectivity index (χ1) is 9.97. The molecule has 1 aromatic heterocycles. The zero-order chi connectivity index (χ0) is 15.0. The van der Waals surface area contributed by atoms with Crippen molar-refractivity contribution in [1.29, 1.82) is 0 Å². The van der Waals surface area contributed by atoms with E-state index in [1.54, 1.807) is 12.5 Å². The molecular formula is C16H26N4O. The average molecular weight is 290 g/mol. The van der Waals surface area contributed by atoms with Crippen molar-refractivity contribution in [2.45, 2.75) is 39.2 Å². The molecule has 116 valence electrons. The summed E-state index contributed by atoms with van der Waals surface area (Å²) in [5.74, 6) is 0.917. The van der Waals surface area contributed by atoms with Crippen molar-refractivity contribution in [3.05, 3.63) is 18.2 Å². The third kappa shape index (κ3) is 3.28. The number of carbonyl (C=O) groups is 1. The van der Waals surface area contributed by atoms with Gasteiger partial charge in [0.05, 0.1) is 6.33 Å². The van der Waals surface area contributed by atoms with Crippen LogP contribution in [0, 0.1) is 11.3 Å². The minimum absolute atomic E-state index is 0.0708. The van der Waals surface area contributed by atoms with Gasteiger partial charge in [-0.1, -0.05) is 13.8 Å². The standard InChI is InChI=1S/C16H26N4O/c1-12-8-13(12)17-10-16(2)4-6-20(7-5-16)15(21)14-9-19(3)11-18-14/h9,11-13,17H,4-8,10H2,1-3H3/t12-,13-/m1/s1. The Morgan fingerprint density at radius 2 is 2.14 bits per heavy atom. The number of rotatable bonds is 4. The summed E-state index contributed by atoms with van der Waals surface area (Å²) >= 11 is 0. The molecule has 0 bridgehead atoms. The Morgan fingerprint density at radius 1 is 1.48 bits per heavy atom. The van der Waals surface area contributed by atoms with E-state index in [4.69, 9.17) is 0 Å². The van der Waals surface area contributed by atoms with E-state index in [-0.39, 0.29) is 5.91 Å². The second-order valence-electron chi connectivity index (χ2n) is 7.23. The zero-order valence-corrected chi connectivity index (χ0v) is 13.3. The lowest BCUT2D eigenvalue weighted by Crippen LogP contribution is -2.46. The maximum atomic E-state index is 12.4. The van der Waals surface area contributed by atoms with Gasteiger partial charge < -0.3 is 14.8 Å². The second-order valence-corrected chi connectivity index (χ2v) is 7.23. The first kappa shape index (κ1) is 14.6. The molecule has 1 saturated heterocycles. The highest BCUT2D eigenvalue weighted by Crippen LogP contribution is 2.34. The number of hydrogen-bond acceptors (Lipinski definition) is 3. The molecule has 1 aliphatic heterocycles. The number of imidazole rings is 1. The molecule has 5 heteroatoms. The molecule has 2 fully saturated rings. The van der Waals surface area contributed by atoms with Gasteiger partial charge in [-0.05, 0) is 30.6 Å². The summed E-state index contributed by atoms with van der Waals surface area (Å²) in [6, 6.07) is 0.731. The van der Waals surface area contributed by atoms with Crippen LogP contribution in [-0.2, 0) is 7.05 Å². The van der Waals surface area contributed by atoms with Gasteiger partial charge in [-0.25, -0.2) is 4.98 Å². The molecule has 0 unspecified atom stereocenters. The van der Waals surface area contributed by atoms with Crippen molar-refractivity contribution in [2.75, 3.05) is 19.6 Å². The number of aryl methyl sites for hydroxylation is 1. The molecule has 1 aromatic rings. The molecule has 1 saturated carbocycles. The fourth-order valence-corrected chi connectivity index (χ4v) is 3.10. The van der Waals surface area contributed by atoms with Crippen LogP contribution in [0.5, 0.6) is 0 Å². The van der Waals surface area contributed by atoms with E-state index in [0.717, 1.165) is 44.4 Å². The van der Waals surface area contributed by atoms with Crippen molar-refractivity contribution in [3.8, 4) is 0 Å². The van der Waals surface area contributed by atoms with Crippen LogP contribution in [0.3, 0.4) is 0 Å². The Bertz CT molecular complexity index is 516. The van der Waals surface area contributed by atoms with E-state index in [1.807, 2.05) is 16.5 Å². The van der Waals surface area contributed by atoms with E-state index in [1.165, 1.54) is 6.42 Å². The van der Waals surface area contributed by atoms with E-state index in [9.17, 15) is 4.79 Å². The van der Waals surface area contributed by atoms with Crippen molar-refractivity contribution < 1.29 is 4.79 Å². The smallest absolute Gasteiger partial charge is 0.274 e. The first-order valence-corrected chi connectivity index (χ1v) is 7.97. The molecule has 2 aliphatic rings. The normalized spacial score (nSPS) is 27.7. The van der Waals surface area contributed by atoms with Crippen LogP contribution < -0.4 is 5.32 Å². The van der Waals surface area contributed by atoms with Crippen LogP contribution in [0.4, 0.5) is 0 Å². The third-order valence-corrected chi connectivity index (χ3v) is 5.08. The summed E-state index contributed by atoms with van der Waals surface area (Å²) in [6.07, 6.45) is 6.94. The van der Waals surface area contributed by atoms with Gasteiger partial charge in [-0.3, -0.25) is 4.79 Å². The monoisotopic (exact) mass is 290 g/mol. The van der Waals surface area contributed by atoms with Crippen LogP contribution in [-0.4, -0.2) is 46.0 Å². The van der Waals surface area contributed by atoms with Crippen molar-refractivity contribution in [3.63, 3.8) is 0 Å². The molecule has 3 rings (SSSR count). The van der Waals surface area contributed by atoms with Gasteiger partial charge in [0.25, 0.3) is 5.91 Å². The summed E-state index contributed by atoms with van der Waals surface area (Å²) in [4.78, 5) is 18.5. The molecule has 1 N–H and O–H groups in total. The first-order valence-electron chi connectivity index (χ1n) is 7.97. The molecular weight excluding hydrogens is 264 g/mol. The molecule has 1 amide bonds. The molecule has 1 aliphatic carbocycles. The van der Waals surface area contributed by atoms with Gasteiger partial charge in [0.1, 0.15) is 5.69 Å². The molecule has 21 heavy (non-hydrogen) atoms. The van der Waals surface area contributed by atoms with Gasteiger partial charge in [-0.15, -0.1) is 0 Å². The fraction of sp³-hybridized carbons (Fsp3) is 0.750. The van der Waals surface area contributed by atoms with Crippen LogP contribution in [0.1, 0.15) is 43.6 Å². The van der Waals surface area contributed by atoms with E-state index < -0.39 is 0 Å². The number of piperidine rings is 1. The Balaban J connectivity index is 1.51. The lowest BCUT2D eigenvalue weighted by Gasteiger charge is -2.39. The number of carbonyl (C=O) groups excluding carboxylic acids is 1. The zero-order valence-electron chi connectivity index (χ0n) is 13.3. The molecule has 2 atom stereocenters. The van der Waals surface area contributed by atoms with Crippen molar-refractivity contribution >= 4 is 5.91 Å². The Kier molecular flexibility index (Phi) is 3.78. The minimum Gasteiger partial charge on any atom is -0.340 e. The Labute approximate surface area is 126 Å². The number of nitrogens with one attached hydrogen (secondary N) is 1. The van der Waals surface area contributed by atoms with Crippen LogP contribution in [0.25, 0.3) is 0 Å². The van der Waals surface area contributed by atoms with Gasteiger partial charge in [-0.2, -0.15) is 0 Å². The number of likely N-dealkylation sites (tertiary alicyclic amines) is 1. The lowest BCUT2D eigenvalue weighted by atomic mass is 9.80. The fourth-order valence-electron chi connectivity index (χ4n) is 3.10. The summed E-state index contributed by atoms with van der Waals surface area (Å²) in [7, 11) is 1.89. The largest absolute Gasteiger partial charge is 0.340 e. The van der Waals surface area contributed by atoms with Crippen molar-refractivity contribution in [2.24, 2.45) is 18.4 Å². The third-order valence-electron chi connectivity index (χ3n) is 5.08. The highest BCUT2D eigenvalue weighted by Gasteiger charge is 2.37. The van der Waals surface area contributed by atoms with Crippen molar-refractivity contribution in [1.82, 2.24) is 19.8 Å². The van der Waals surface area contributed by atoms with Crippen LogP contribution in [0.15, 0.2) is 12.5 Å². The van der Waals surface area contributed by atoms with Gasteiger partial charge in [0, 0.05) is 38.9 Å². The van der Waals surface area contributed by atoms with Gasteiger partial charge in [0.2, 0.25) is 0 Å². The highest BCUT2D eigenvalue weighted by atomic mass is 16.2. The lowest BCUT2D eigenvalue weighted by molar-refractivity contribution is 0.0599. The van der Waals surface area contributed by atoms with E-state index in [0.29, 0.717) is 11.1 Å². The van der Waals surface area contributed by atoms with Gasteiger partial charge >= 0.3 is 0 Å². The topological polar surface area (TPSA) is 50.2 Å². The van der Waals surface area contributed by atoms with E-state index in [2.05, 4.69) is 24.1 Å². The van der Waals surface area contributed by atoms with E-state index >= 15 is 0 Å². The molecule has 0 aromatic carbocycles. The minimum atomic E-state index is 0.0708. The Hall–Kier alpha value is -1.36. The average Bonchev–Trinajstić information content (AvgIpc) is 2.99. The van der Waals surface area contributed by atoms with Gasteiger partial charge in [0.15, 0.2) is 0 Å². The summed E-state index contributed by atoms with van der Waals surface area (Å²) in [6.45, 7) is 7.40. The quantitative estimate of drug-likeness (QED) is 0.917. The number of amides is 1. The number of hydrogen-bond donors (Lipinski definition) is 1. The number of aromatic nitrogens is 2. The maximum absolute atomic E-state index is 12.4. The highest BCUT2D eigenvalue weighted by molar-refractivity contribution is 5.92. The SMILES string of the molecule is C[C@@H]1C[C@H]1NCC1(C)CCN(C(=O)c2cn(C)cn2)CC1. The molecule has 2 heterocycles. The molecule has 0 spiro atoms. The maximum Gasteiger partial charge on any atom is 0.274 e. The summed E-state index contributed by atoms with van der Waals surface area (Å²) in [5, 5.41) is 3.68.